The minimum Gasteiger partial charge on any atom is -0.462 e. The lowest BCUT2D eigenvalue weighted by Gasteiger charge is -2.13. The quantitative estimate of drug-likeness (QED) is 0.398. The first-order valence-electron chi connectivity index (χ1n) is 8.99. The first-order chi connectivity index (χ1) is 13.5. The molecule has 28 heavy (non-hydrogen) atoms. The Balaban J connectivity index is 1.85. The number of carbonyl (C=O) groups excluding carboxylic acids is 1. The molecule has 0 amide bonds. The van der Waals surface area contributed by atoms with Gasteiger partial charge in [-0.05, 0) is 56.2 Å². The topological polar surface area (TPSA) is 50.4 Å². The zero-order valence-corrected chi connectivity index (χ0v) is 17.7. The molecule has 3 aromatic rings. The van der Waals surface area contributed by atoms with Crippen LogP contribution in [0.1, 0.15) is 28.4 Å². The average molecular weight is 411 g/mol. The number of thiocarbonyl (C=S) groups is 1. The molecule has 0 bridgehead atoms. The third-order valence-corrected chi connectivity index (χ3v) is 5.45. The first kappa shape index (κ1) is 20.0. The van der Waals surface area contributed by atoms with Gasteiger partial charge in [-0.25, -0.2) is 4.79 Å². The van der Waals surface area contributed by atoms with Crippen molar-refractivity contribution < 1.29 is 9.53 Å². The van der Waals surface area contributed by atoms with Crippen LogP contribution in [-0.2, 0) is 4.74 Å². The van der Waals surface area contributed by atoms with Gasteiger partial charge in [0, 0.05) is 10.6 Å². The van der Waals surface area contributed by atoms with E-state index in [4.69, 9.17) is 17.0 Å². The average Bonchev–Trinajstić information content (AvgIpc) is 3.09. The van der Waals surface area contributed by atoms with E-state index in [0.717, 1.165) is 21.7 Å². The van der Waals surface area contributed by atoms with Crippen LogP contribution in [0.25, 0.3) is 10.4 Å². The lowest BCUT2D eigenvalue weighted by Crippen LogP contribution is -2.20. The summed E-state index contributed by atoms with van der Waals surface area (Å²) < 4.78 is 5.21. The Kier molecular flexibility index (Phi) is 6.44. The lowest BCUT2D eigenvalue weighted by molar-refractivity contribution is 0.0528. The fourth-order valence-electron chi connectivity index (χ4n) is 2.80. The molecule has 0 saturated carbocycles. The number of hydrogen-bond acceptors (Lipinski definition) is 4. The van der Waals surface area contributed by atoms with Crippen molar-refractivity contribution in [3.05, 3.63) is 71.3 Å². The summed E-state index contributed by atoms with van der Waals surface area (Å²) in [4.78, 5) is 13.4. The zero-order chi connectivity index (χ0) is 20.1. The summed E-state index contributed by atoms with van der Waals surface area (Å²) in [5, 5.41) is 7.47. The highest BCUT2D eigenvalue weighted by Crippen LogP contribution is 2.36. The van der Waals surface area contributed by atoms with Crippen LogP contribution in [0.3, 0.4) is 0 Å². The lowest BCUT2D eigenvalue weighted by atomic mass is 10.1. The van der Waals surface area contributed by atoms with E-state index in [9.17, 15) is 4.79 Å². The van der Waals surface area contributed by atoms with Crippen LogP contribution in [0, 0.1) is 13.8 Å². The minimum atomic E-state index is -0.363. The van der Waals surface area contributed by atoms with Gasteiger partial charge in [0.05, 0.1) is 12.2 Å². The molecule has 144 valence electrons. The second kappa shape index (κ2) is 8.99. The molecule has 4 nitrogen and oxygen atoms in total. The maximum atomic E-state index is 12.4. The van der Waals surface area contributed by atoms with E-state index in [1.54, 1.807) is 6.92 Å². The number of benzene rings is 2. The van der Waals surface area contributed by atoms with Crippen LogP contribution in [0.2, 0.25) is 0 Å². The van der Waals surface area contributed by atoms with Gasteiger partial charge in [-0.3, -0.25) is 0 Å². The second-order valence-electron chi connectivity index (χ2n) is 6.34. The molecule has 0 atom stereocenters. The Morgan fingerprint density at radius 3 is 2.50 bits per heavy atom. The van der Waals surface area contributed by atoms with Gasteiger partial charge >= 0.3 is 5.97 Å². The molecule has 0 saturated heterocycles. The van der Waals surface area contributed by atoms with Crippen LogP contribution < -0.4 is 10.6 Å². The number of hydrogen-bond donors (Lipinski definition) is 2. The SMILES string of the molecule is CCOC(=O)c1cc(-c2ccccc2)sc1NC(=S)Nc1ccc(C)cc1C. The summed E-state index contributed by atoms with van der Waals surface area (Å²) in [6.45, 7) is 6.19. The third-order valence-electron chi connectivity index (χ3n) is 4.14. The number of nitrogens with one attached hydrogen (secondary N) is 2. The molecule has 0 unspecified atom stereocenters. The molecule has 0 aliphatic carbocycles. The number of esters is 1. The van der Waals surface area contributed by atoms with Gasteiger partial charge in [-0.2, -0.15) is 0 Å². The highest BCUT2D eigenvalue weighted by atomic mass is 32.1. The van der Waals surface area contributed by atoms with Crippen LogP contribution in [0.5, 0.6) is 0 Å². The third kappa shape index (κ3) is 4.77. The van der Waals surface area contributed by atoms with E-state index in [2.05, 4.69) is 23.6 Å². The number of ether oxygens (including phenoxy) is 1. The van der Waals surface area contributed by atoms with Gasteiger partial charge in [0.15, 0.2) is 5.11 Å². The van der Waals surface area contributed by atoms with Gasteiger partial charge < -0.3 is 15.4 Å². The molecule has 6 heteroatoms. The Labute approximate surface area is 174 Å². The molecule has 1 aromatic heterocycles. The van der Waals surface area contributed by atoms with Crippen molar-refractivity contribution in [3.63, 3.8) is 0 Å². The van der Waals surface area contributed by atoms with Crippen molar-refractivity contribution >= 4 is 45.3 Å². The van der Waals surface area contributed by atoms with E-state index >= 15 is 0 Å². The van der Waals surface area contributed by atoms with Crippen molar-refractivity contribution in [2.75, 3.05) is 17.2 Å². The standard InChI is InChI=1S/C22H22N2O2S2/c1-4-26-21(25)17-13-19(16-8-6-5-7-9-16)28-20(17)24-22(27)23-18-11-10-14(2)12-15(18)3/h5-13H,4H2,1-3H3,(H2,23,24,27). The van der Waals surface area contributed by atoms with Gasteiger partial charge in [-0.1, -0.05) is 48.0 Å². The van der Waals surface area contributed by atoms with Crippen molar-refractivity contribution in [1.29, 1.82) is 0 Å². The summed E-state index contributed by atoms with van der Waals surface area (Å²) in [6.07, 6.45) is 0. The van der Waals surface area contributed by atoms with Crippen LogP contribution in [0.15, 0.2) is 54.6 Å². The van der Waals surface area contributed by atoms with Gasteiger partial charge in [0.25, 0.3) is 0 Å². The number of aryl methyl sites for hydroxylation is 2. The molecule has 2 N–H and O–H groups in total. The minimum absolute atomic E-state index is 0.319. The zero-order valence-electron chi connectivity index (χ0n) is 16.0. The molecule has 0 aliphatic heterocycles. The fourth-order valence-corrected chi connectivity index (χ4v) is 4.13. The molecule has 0 spiro atoms. The molecular weight excluding hydrogens is 388 g/mol. The predicted molar refractivity (Wildman–Crippen MR) is 121 cm³/mol. The summed E-state index contributed by atoms with van der Waals surface area (Å²) >= 11 is 6.95. The predicted octanol–water partition coefficient (Wildman–Crippen LogP) is 6.02. The summed E-state index contributed by atoms with van der Waals surface area (Å²) in [7, 11) is 0. The molecule has 1 heterocycles. The number of thiophene rings is 1. The van der Waals surface area contributed by atoms with E-state index in [1.807, 2.05) is 55.5 Å². The largest absolute Gasteiger partial charge is 0.462 e. The Bertz CT molecular complexity index is 997. The van der Waals surface area contributed by atoms with E-state index < -0.39 is 0 Å². The first-order valence-corrected chi connectivity index (χ1v) is 10.2. The van der Waals surface area contributed by atoms with Crippen molar-refractivity contribution in [3.8, 4) is 10.4 Å². The van der Waals surface area contributed by atoms with Gasteiger partial charge in [-0.15, -0.1) is 11.3 Å². The molecule has 0 radical (unpaired) electrons. The van der Waals surface area contributed by atoms with Gasteiger partial charge in [0.2, 0.25) is 0 Å². The Morgan fingerprint density at radius 1 is 1.07 bits per heavy atom. The van der Waals surface area contributed by atoms with Crippen LogP contribution in [0.4, 0.5) is 10.7 Å². The number of rotatable bonds is 5. The molecule has 2 aromatic carbocycles. The highest BCUT2D eigenvalue weighted by molar-refractivity contribution is 7.80. The maximum absolute atomic E-state index is 12.4. The van der Waals surface area contributed by atoms with Crippen molar-refractivity contribution in [2.24, 2.45) is 0 Å². The van der Waals surface area contributed by atoms with E-state index in [-0.39, 0.29) is 5.97 Å². The number of anilines is 2. The molecule has 0 fully saturated rings. The van der Waals surface area contributed by atoms with Gasteiger partial charge in [0.1, 0.15) is 5.00 Å². The van der Waals surface area contributed by atoms with E-state index in [0.29, 0.717) is 22.3 Å². The smallest absolute Gasteiger partial charge is 0.341 e. The molecule has 0 aliphatic rings. The monoisotopic (exact) mass is 410 g/mol. The van der Waals surface area contributed by atoms with Crippen molar-refractivity contribution in [2.45, 2.75) is 20.8 Å². The second-order valence-corrected chi connectivity index (χ2v) is 7.80. The molecule has 3 rings (SSSR count). The fraction of sp³-hybridized carbons (Fsp3) is 0.182. The normalized spacial score (nSPS) is 10.4. The summed E-state index contributed by atoms with van der Waals surface area (Å²) in [5.74, 6) is -0.363. The van der Waals surface area contributed by atoms with Crippen LogP contribution in [-0.4, -0.2) is 17.7 Å². The summed E-state index contributed by atoms with van der Waals surface area (Å²) in [5.41, 5.74) is 4.75. The van der Waals surface area contributed by atoms with E-state index in [1.165, 1.54) is 16.9 Å². The maximum Gasteiger partial charge on any atom is 0.341 e. The number of carbonyl (C=O) groups is 1. The van der Waals surface area contributed by atoms with Crippen LogP contribution >= 0.6 is 23.6 Å². The van der Waals surface area contributed by atoms with Crippen molar-refractivity contribution in [1.82, 2.24) is 0 Å². The molecular formula is C22H22N2O2S2. The Hall–Kier alpha value is -2.70. The summed E-state index contributed by atoms with van der Waals surface area (Å²) in [6, 6.07) is 17.9. The highest BCUT2D eigenvalue weighted by Gasteiger charge is 2.19. The Morgan fingerprint density at radius 2 is 1.82 bits per heavy atom.